The van der Waals surface area contributed by atoms with Gasteiger partial charge in [-0.25, -0.2) is 0 Å². The minimum atomic E-state index is 0.771. The molecular weight excluding hydrogens is 236 g/mol. The first-order valence-corrected chi connectivity index (χ1v) is 7.04. The van der Waals surface area contributed by atoms with E-state index < -0.39 is 0 Å². The number of hydrogen-bond donors (Lipinski definition) is 0. The van der Waals surface area contributed by atoms with E-state index in [1.54, 1.807) is 0 Å². The van der Waals surface area contributed by atoms with Crippen LogP contribution in [-0.4, -0.2) is 56.2 Å². The molecule has 1 aromatic rings. The molecule has 0 aromatic heterocycles. The largest absolute Gasteiger partial charge is 0.492 e. The van der Waals surface area contributed by atoms with Crippen molar-refractivity contribution in [3.8, 4) is 5.75 Å². The van der Waals surface area contributed by atoms with Crippen molar-refractivity contribution in [2.24, 2.45) is 0 Å². The molecule has 1 aliphatic heterocycles. The van der Waals surface area contributed by atoms with Crippen LogP contribution in [0.4, 0.5) is 0 Å². The molecule has 0 saturated carbocycles. The van der Waals surface area contributed by atoms with Crippen LogP contribution < -0.4 is 4.74 Å². The van der Waals surface area contributed by atoms with Gasteiger partial charge < -0.3 is 9.64 Å². The van der Waals surface area contributed by atoms with E-state index in [9.17, 15) is 0 Å². The molecule has 1 fully saturated rings. The van der Waals surface area contributed by atoms with Gasteiger partial charge in [-0.1, -0.05) is 24.3 Å². The highest BCUT2D eigenvalue weighted by molar-refractivity contribution is 5.50. The van der Waals surface area contributed by atoms with Crippen molar-refractivity contribution in [3.05, 3.63) is 35.9 Å². The summed E-state index contributed by atoms with van der Waals surface area (Å²) in [6.07, 6.45) is 4.14. The van der Waals surface area contributed by atoms with Crippen molar-refractivity contribution in [3.63, 3.8) is 0 Å². The van der Waals surface area contributed by atoms with Gasteiger partial charge in [0, 0.05) is 32.7 Å². The highest BCUT2D eigenvalue weighted by Gasteiger charge is 2.12. The van der Waals surface area contributed by atoms with Gasteiger partial charge in [0.25, 0.3) is 0 Å². The van der Waals surface area contributed by atoms with E-state index in [2.05, 4.69) is 35.1 Å². The molecule has 0 atom stereocenters. The van der Waals surface area contributed by atoms with Crippen LogP contribution in [0.25, 0.3) is 6.08 Å². The van der Waals surface area contributed by atoms with Gasteiger partial charge >= 0.3 is 0 Å². The molecule has 3 nitrogen and oxygen atoms in total. The Labute approximate surface area is 116 Å². The highest BCUT2D eigenvalue weighted by atomic mass is 16.5. The molecule has 19 heavy (non-hydrogen) atoms. The molecule has 0 radical (unpaired) electrons. The van der Waals surface area contributed by atoms with Crippen molar-refractivity contribution in [2.75, 3.05) is 46.4 Å². The predicted molar refractivity (Wildman–Crippen MR) is 80.6 cm³/mol. The molecule has 0 N–H and O–H groups in total. The van der Waals surface area contributed by atoms with Crippen LogP contribution in [0.3, 0.4) is 0 Å². The van der Waals surface area contributed by atoms with Gasteiger partial charge in [0.05, 0.1) is 0 Å². The van der Waals surface area contributed by atoms with E-state index in [-0.39, 0.29) is 0 Å². The van der Waals surface area contributed by atoms with Gasteiger partial charge in [-0.15, -0.1) is 0 Å². The zero-order valence-corrected chi connectivity index (χ0v) is 12.0. The van der Waals surface area contributed by atoms with Crippen molar-refractivity contribution in [1.82, 2.24) is 9.80 Å². The maximum atomic E-state index is 5.79. The van der Waals surface area contributed by atoms with Gasteiger partial charge in [-0.2, -0.15) is 0 Å². The quantitative estimate of drug-likeness (QED) is 0.808. The van der Waals surface area contributed by atoms with Crippen LogP contribution in [-0.2, 0) is 0 Å². The molecule has 3 heteroatoms. The maximum Gasteiger partial charge on any atom is 0.119 e. The zero-order valence-electron chi connectivity index (χ0n) is 12.0. The summed E-state index contributed by atoms with van der Waals surface area (Å²) in [6, 6.07) is 8.26. The second-order valence-electron chi connectivity index (χ2n) is 5.06. The fraction of sp³-hybridized carbons (Fsp3) is 0.500. The Kier molecular flexibility index (Phi) is 5.43. The Hall–Kier alpha value is -1.32. The van der Waals surface area contributed by atoms with E-state index in [0.29, 0.717) is 0 Å². The second kappa shape index (κ2) is 7.31. The Morgan fingerprint density at radius 1 is 1.11 bits per heavy atom. The summed E-state index contributed by atoms with van der Waals surface area (Å²) in [5, 5.41) is 0. The zero-order chi connectivity index (χ0) is 13.5. The van der Waals surface area contributed by atoms with E-state index in [1.165, 1.54) is 5.56 Å². The lowest BCUT2D eigenvalue weighted by molar-refractivity contribution is 0.134. The highest BCUT2D eigenvalue weighted by Crippen LogP contribution is 2.13. The molecule has 2 rings (SSSR count). The van der Waals surface area contributed by atoms with Crippen molar-refractivity contribution < 1.29 is 4.74 Å². The number of nitrogens with zero attached hydrogens (tertiary/aromatic N) is 2. The lowest BCUT2D eigenvalue weighted by Gasteiger charge is -2.32. The lowest BCUT2D eigenvalue weighted by atomic mass is 10.2. The summed E-state index contributed by atoms with van der Waals surface area (Å²) in [7, 11) is 2.18. The van der Waals surface area contributed by atoms with Gasteiger partial charge in [0.15, 0.2) is 0 Å². The molecule has 0 aliphatic carbocycles. The summed E-state index contributed by atoms with van der Waals surface area (Å²) in [5.74, 6) is 0.961. The third kappa shape index (κ3) is 4.69. The number of benzene rings is 1. The van der Waals surface area contributed by atoms with Crippen LogP contribution in [0.15, 0.2) is 30.3 Å². The van der Waals surface area contributed by atoms with Crippen molar-refractivity contribution in [1.29, 1.82) is 0 Å². The molecule has 0 unspecified atom stereocenters. The molecule has 0 amide bonds. The number of allylic oxidation sites excluding steroid dienone is 1. The maximum absolute atomic E-state index is 5.79. The molecule has 1 aromatic carbocycles. The molecule has 104 valence electrons. The number of piperazine rings is 1. The monoisotopic (exact) mass is 260 g/mol. The summed E-state index contributed by atoms with van der Waals surface area (Å²) < 4.78 is 5.79. The molecule has 1 saturated heterocycles. The van der Waals surface area contributed by atoms with E-state index in [0.717, 1.165) is 45.1 Å². The molecule has 0 bridgehead atoms. The Morgan fingerprint density at radius 3 is 2.42 bits per heavy atom. The van der Waals surface area contributed by atoms with Gasteiger partial charge in [-0.05, 0) is 31.7 Å². The van der Waals surface area contributed by atoms with Crippen LogP contribution in [0.5, 0.6) is 5.75 Å². The average Bonchev–Trinajstić information content (AvgIpc) is 2.43. The predicted octanol–water partition coefficient (Wildman–Crippen LogP) is 2.35. The Morgan fingerprint density at radius 2 is 1.79 bits per heavy atom. The third-order valence-corrected chi connectivity index (χ3v) is 3.51. The van der Waals surface area contributed by atoms with Crippen LogP contribution in [0.1, 0.15) is 12.5 Å². The summed E-state index contributed by atoms with van der Waals surface area (Å²) in [5.41, 5.74) is 1.22. The summed E-state index contributed by atoms with van der Waals surface area (Å²) in [4.78, 5) is 4.84. The minimum Gasteiger partial charge on any atom is -0.492 e. The number of likely N-dealkylation sites (N-methyl/N-ethyl adjacent to an activating group) is 1. The number of ether oxygens (including phenoxy) is 1. The fourth-order valence-corrected chi connectivity index (χ4v) is 2.23. The Bertz CT molecular complexity index is 392. The van der Waals surface area contributed by atoms with E-state index >= 15 is 0 Å². The first-order chi connectivity index (χ1) is 9.28. The van der Waals surface area contributed by atoms with Gasteiger partial charge in [0.1, 0.15) is 12.4 Å². The third-order valence-electron chi connectivity index (χ3n) is 3.51. The normalized spacial score (nSPS) is 18.0. The first-order valence-electron chi connectivity index (χ1n) is 7.04. The van der Waals surface area contributed by atoms with Crippen LogP contribution >= 0.6 is 0 Å². The lowest BCUT2D eigenvalue weighted by Crippen LogP contribution is -2.45. The molecular formula is C16H24N2O. The standard InChI is InChI=1S/C16H24N2O/c1-3-4-15-5-7-16(8-6-15)19-14-13-18-11-9-17(2)10-12-18/h3-8H,9-14H2,1-2H3/b4-3+. The van der Waals surface area contributed by atoms with Gasteiger partial charge in [0.2, 0.25) is 0 Å². The Balaban J connectivity index is 1.70. The number of rotatable bonds is 5. The van der Waals surface area contributed by atoms with E-state index in [1.807, 2.05) is 25.1 Å². The number of hydrogen-bond acceptors (Lipinski definition) is 3. The molecule has 1 aliphatic rings. The SMILES string of the molecule is C/C=C/c1ccc(OCCN2CCN(C)CC2)cc1. The van der Waals surface area contributed by atoms with Crippen molar-refractivity contribution >= 4 is 6.08 Å². The molecule has 0 spiro atoms. The van der Waals surface area contributed by atoms with Crippen LogP contribution in [0, 0.1) is 0 Å². The second-order valence-corrected chi connectivity index (χ2v) is 5.06. The van der Waals surface area contributed by atoms with Gasteiger partial charge in [-0.3, -0.25) is 4.90 Å². The first kappa shape index (κ1) is 14.1. The summed E-state index contributed by atoms with van der Waals surface area (Å²) in [6.45, 7) is 8.45. The molecule has 1 heterocycles. The minimum absolute atomic E-state index is 0.771. The summed E-state index contributed by atoms with van der Waals surface area (Å²) >= 11 is 0. The van der Waals surface area contributed by atoms with Crippen LogP contribution in [0.2, 0.25) is 0 Å². The fourth-order valence-electron chi connectivity index (χ4n) is 2.23. The van der Waals surface area contributed by atoms with Crippen molar-refractivity contribution in [2.45, 2.75) is 6.92 Å². The topological polar surface area (TPSA) is 15.7 Å². The average molecular weight is 260 g/mol. The smallest absolute Gasteiger partial charge is 0.119 e. The van der Waals surface area contributed by atoms with E-state index in [4.69, 9.17) is 4.74 Å².